The average Bonchev–Trinajstić information content (AvgIpc) is 3.14. The molecule has 0 radical (unpaired) electrons. The zero-order valence-corrected chi connectivity index (χ0v) is 15.9. The van der Waals surface area contributed by atoms with E-state index in [2.05, 4.69) is 89.8 Å². The third-order valence-corrected chi connectivity index (χ3v) is 5.02. The van der Waals surface area contributed by atoms with Crippen LogP contribution in [0.2, 0.25) is 0 Å². The topological polar surface area (TPSA) is 24.8 Å². The molecule has 0 aromatic heterocycles. The van der Waals surface area contributed by atoms with Crippen LogP contribution in [0.3, 0.4) is 0 Å². The minimum Gasteiger partial charge on any atom is -0.391 e. The number of oxime groups is 1. The van der Waals surface area contributed by atoms with E-state index >= 15 is 0 Å². The van der Waals surface area contributed by atoms with Crippen LogP contribution in [0.25, 0.3) is 0 Å². The fourth-order valence-corrected chi connectivity index (χ4v) is 3.38. The molecule has 0 spiro atoms. The van der Waals surface area contributed by atoms with Crippen LogP contribution in [0.5, 0.6) is 0 Å². The maximum atomic E-state index is 5.57. The van der Waals surface area contributed by atoms with Gasteiger partial charge in [0.15, 0.2) is 0 Å². The summed E-state index contributed by atoms with van der Waals surface area (Å²) in [5.41, 5.74) is 8.40. The molecule has 3 aromatic rings. The van der Waals surface area contributed by atoms with E-state index in [1.807, 2.05) is 6.92 Å². The number of hydrogen-bond donors (Lipinski definition) is 0. The van der Waals surface area contributed by atoms with Crippen molar-refractivity contribution in [1.29, 1.82) is 0 Å². The van der Waals surface area contributed by atoms with Gasteiger partial charge in [0.05, 0.1) is 5.71 Å². The highest BCUT2D eigenvalue weighted by Crippen LogP contribution is 2.28. The first-order valence-electron chi connectivity index (χ1n) is 9.33. The molecular weight excluding hydrogens is 332 g/mol. The van der Waals surface area contributed by atoms with Crippen molar-refractivity contribution in [2.45, 2.75) is 33.5 Å². The standard InChI is InChI=1S/C24H24N2O/c1-18-10-12-20(13-11-18)17-27-25-19(2)21-8-5-9-24(14-21)26-15-22-6-3-4-7-23(22)16-26/h3-14H,15-17H2,1-2H3. The first-order chi connectivity index (χ1) is 13.2. The summed E-state index contributed by atoms with van der Waals surface area (Å²) < 4.78 is 0. The third-order valence-electron chi connectivity index (χ3n) is 5.02. The summed E-state index contributed by atoms with van der Waals surface area (Å²) in [4.78, 5) is 7.96. The SMILES string of the molecule is CC(=NOCc1ccc(C)cc1)c1cccc(N2Cc3ccccc3C2)c1. The van der Waals surface area contributed by atoms with Crippen LogP contribution < -0.4 is 4.90 Å². The Hall–Kier alpha value is -3.07. The van der Waals surface area contributed by atoms with Crippen LogP contribution >= 0.6 is 0 Å². The van der Waals surface area contributed by atoms with Crippen molar-refractivity contribution in [2.24, 2.45) is 5.16 Å². The summed E-state index contributed by atoms with van der Waals surface area (Å²) in [7, 11) is 0. The fraction of sp³-hybridized carbons (Fsp3) is 0.208. The molecule has 0 amide bonds. The summed E-state index contributed by atoms with van der Waals surface area (Å²) in [5, 5.41) is 4.32. The van der Waals surface area contributed by atoms with Crippen LogP contribution in [0.4, 0.5) is 5.69 Å². The molecule has 4 rings (SSSR count). The minimum atomic E-state index is 0.485. The minimum absolute atomic E-state index is 0.485. The third kappa shape index (κ3) is 4.03. The Morgan fingerprint density at radius 1 is 0.926 bits per heavy atom. The molecule has 0 atom stereocenters. The molecule has 1 heterocycles. The van der Waals surface area contributed by atoms with Gasteiger partial charge >= 0.3 is 0 Å². The van der Waals surface area contributed by atoms with Gasteiger partial charge in [0.1, 0.15) is 6.61 Å². The Labute approximate surface area is 160 Å². The Morgan fingerprint density at radius 3 is 2.33 bits per heavy atom. The van der Waals surface area contributed by atoms with E-state index in [0.29, 0.717) is 6.61 Å². The predicted molar refractivity (Wildman–Crippen MR) is 111 cm³/mol. The van der Waals surface area contributed by atoms with E-state index < -0.39 is 0 Å². The molecular formula is C24H24N2O. The van der Waals surface area contributed by atoms with Crippen molar-refractivity contribution in [3.05, 3.63) is 101 Å². The number of nitrogens with zero attached hydrogens (tertiary/aromatic N) is 2. The quantitative estimate of drug-likeness (QED) is 0.448. The Kier molecular flexibility index (Phi) is 4.93. The number of aryl methyl sites for hydroxylation is 1. The molecule has 1 aliphatic rings. The fourth-order valence-electron chi connectivity index (χ4n) is 3.38. The molecule has 0 unspecified atom stereocenters. The van der Waals surface area contributed by atoms with Gasteiger partial charge < -0.3 is 9.74 Å². The Morgan fingerprint density at radius 2 is 1.63 bits per heavy atom. The van der Waals surface area contributed by atoms with Crippen molar-refractivity contribution in [1.82, 2.24) is 0 Å². The highest BCUT2D eigenvalue weighted by molar-refractivity contribution is 5.99. The van der Waals surface area contributed by atoms with E-state index in [-0.39, 0.29) is 0 Å². The number of benzene rings is 3. The molecule has 1 aliphatic heterocycles. The van der Waals surface area contributed by atoms with Crippen LogP contribution in [-0.4, -0.2) is 5.71 Å². The van der Waals surface area contributed by atoms with Gasteiger partial charge in [0, 0.05) is 24.3 Å². The molecule has 0 bridgehead atoms. The van der Waals surface area contributed by atoms with Crippen molar-refractivity contribution >= 4 is 11.4 Å². The lowest BCUT2D eigenvalue weighted by molar-refractivity contribution is 0.130. The van der Waals surface area contributed by atoms with Gasteiger partial charge in [-0.1, -0.05) is 71.4 Å². The van der Waals surface area contributed by atoms with Gasteiger partial charge in [0.25, 0.3) is 0 Å². The van der Waals surface area contributed by atoms with Crippen LogP contribution in [0.15, 0.2) is 78.0 Å². The molecule has 0 aliphatic carbocycles. The molecule has 136 valence electrons. The number of fused-ring (bicyclic) bond motifs is 1. The van der Waals surface area contributed by atoms with Crippen LogP contribution in [-0.2, 0) is 24.5 Å². The van der Waals surface area contributed by atoms with E-state index in [0.717, 1.165) is 29.9 Å². The molecule has 0 fully saturated rings. The van der Waals surface area contributed by atoms with Gasteiger partial charge in [-0.05, 0) is 42.7 Å². The molecule has 3 nitrogen and oxygen atoms in total. The summed E-state index contributed by atoms with van der Waals surface area (Å²) >= 11 is 0. The van der Waals surface area contributed by atoms with E-state index in [4.69, 9.17) is 4.84 Å². The highest BCUT2D eigenvalue weighted by atomic mass is 16.6. The maximum Gasteiger partial charge on any atom is 0.142 e. The van der Waals surface area contributed by atoms with Crippen LogP contribution in [0, 0.1) is 6.92 Å². The second-order valence-corrected chi connectivity index (χ2v) is 7.11. The lowest BCUT2D eigenvalue weighted by Crippen LogP contribution is -2.14. The van der Waals surface area contributed by atoms with E-state index in [1.54, 1.807) is 0 Å². The van der Waals surface area contributed by atoms with Gasteiger partial charge in [-0.25, -0.2) is 0 Å². The van der Waals surface area contributed by atoms with Crippen molar-refractivity contribution in [3.63, 3.8) is 0 Å². The van der Waals surface area contributed by atoms with Gasteiger partial charge in [0.2, 0.25) is 0 Å². The predicted octanol–water partition coefficient (Wildman–Crippen LogP) is 5.46. The van der Waals surface area contributed by atoms with Crippen molar-refractivity contribution in [2.75, 3.05) is 4.90 Å². The van der Waals surface area contributed by atoms with Gasteiger partial charge in [-0.15, -0.1) is 0 Å². The smallest absolute Gasteiger partial charge is 0.142 e. The van der Waals surface area contributed by atoms with Crippen molar-refractivity contribution < 1.29 is 4.84 Å². The summed E-state index contributed by atoms with van der Waals surface area (Å²) in [6, 6.07) is 25.5. The highest BCUT2D eigenvalue weighted by Gasteiger charge is 2.18. The Bertz CT molecular complexity index is 935. The zero-order valence-electron chi connectivity index (χ0n) is 15.9. The summed E-state index contributed by atoms with van der Waals surface area (Å²) in [6.45, 7) is 6.48. The Balaban J connectivity index is 1.43. The molecule has 27 heavy (non-hydrogen) atoms. The first-order valence-corrected chi connectivity index (χ1v) is 9.33. The zero-order chi connectivity index (χ0) is 18.6. The van der Waals surface area contributed by atoms with E-state index in [1.165, 1.54) is 22.4 Å². The molecule has 0 N–H and O–H groups in total. The van der Waals surface area contributed by atoms with Gasteiger partial charge in [-0.2, -0.15) is 0 Å². The van der Waals surface area contributed by atoms with Crippen molar-refractivity contribution in [3.8, 4) is 0 Å². The normalized spacial score (nSPS) is 13.6. The molecule has 3 heteroatoms. The first kappa shape index (κ1) is 17.3. The lowest BCUT2D eigenvalue weighted by Gasteiger charge is -2.18. The van der Waals surface area contributed by atoms with Gasteiger partial charge in [-0.3, -0.25) is 0 Å². The molecule has 3 aromatic carbocycles. The van der Waals surface area contributed by atoms with Crippen LogP contribution in [0.1, 0.15) is 34.7 Å². The second kappa shape index (κ2) is 7.67. The summed E-state index contributed by atoms with van der Waals surface area (Å²) in [6.07, 6.45) is 0. The van der Waals surface area contributed by atoms with E-state index in [9.17, 15) is 0 Å². The second-order valence-electron chi connectivity index (χ2n) is 7.11. The molecule has 0 saturated heterocycles. The number of hydrogen-bond acceptors (Lipinski definition) is 3. The largest absolute Gasteiger partial charge is 0.391 e. The molecule has 0 saturated carbocycles. The number of anilines is 1. The average molecular weight is 356 g/mol. The maximum absolute atomic E-state index is 5.57. The monoisotopic (exact) mass is 356 g/mol. The number of rotatable bonds is 5. The lowest BCUT2D eigenvalue weighted by atomic mass is 10.1. The summed E-state index contributed by atoms with van der Waals surface area (Å²) in [5.74, 6) is 0.